The molecule has 0 saturated carbocycles. The van der Waals surface area contributed by atoms with E-state index < -0.39 is 0 Å². The van der Waals surface area contributed by atoms with Crippen molar-refractivity contribution in [1.29, 1.82) is 0 Å². The lowest BCUT2D eigenvalue weighted by Crippen LogP contribution is -2.00. The Bertz CT molecular complexity index is 3450. The van der Waals surface area contributed by atoms with Crippen LogP contribution in [0.3, 0.4) is 0 Å². The fraction of sp³-hybridized carbons (Fsp3) is 0. The number of fused-ring (bicyclic) bond motifs is 11. The summed E-state index contributed by atoms with van der Waals surface area (Å²) in [5.41, 5.74) is 13.2. The summed E-state index contributed by atoms with van der Waals surface area (Å²) in [4.78, 5) is 10.4. The highest BCUT2D eigenvalue weighted by Gasteiger charge is 2.24. The molecule has 0 fully saturated rings. The SMILES string of the molecule is c1ccc(-c2cc(-c3ccccc3)nc(-c3cccc(-n4c5ccccc5c5ccc6c7c8c(ccc7n(-c7ccccc7)c6c54)oc4ccccc48)c3)n2)cc1. The number of para-hydroxylation sites is 3. The molecule has 0 atom stereocenters. The minimum Gasteiger partial charge on any atom is -0.456 e. The van der Waals surface area contributed by atoms with Gasteiger partial charge in [0.15, 0.2) is 5.82 Å². The predicted molar refractivity (Wildman–Crippen MR) is 234 cm³/mol. The van der Waals surface area contributed by atoms with Crippen molar-refractivity contribution in [3.8, 4) is 45.3 Å². The van der Waals surface area contributed by atoms with Crippen LogP contribution in [0.5, 0.6) is 0 Å². The first kappa shape index (κ1) is 31.6. The Morgan fingerprint density at radius 3 is 1.68 bits per heavy atom. The maximum Gasteiger partial charge on any atom is 0.160 e. The van der Waals surface area contributed by atoms with E-state index in [0.717, 1.165) is 83.5 Å². The first-order valence-corrected chi connectivity index (χ1v) is 19.3. The lowest BCUT2D eigenvalue weighted by atomic mass is 10.0. The summed E-state index contributed by atoms with van der Waals surface area (Å²) in [5.74, 6) is 0.676. The second-order valence-electron chi connectivity index (χ2n) is 14.6. The molecule has 0 N–H and O–H groups in total. The first-order valence-electron chi connectivity index (χ1n) is 19.3. The van der Waals surface area contributed by atoms with Gasteiger partial charge in [0.1, 0.15) is 11.2 Å². The quantitative estimate of drug-likeness (QED) is 0.177. The van der Waals surface area contributed by atoms with Gasteiger partial charge in [-0.2, -0.15) is 0 Å². The van der Waals surface area contributed by atoms with E-state index in [9.17, 15) is 0 Å². The molecule has 0 aliphatic rings. The predicted octanol–water partition coefficient (Wildman–Crippen LogP) is 13.6. The summed E-state index contributed by atoms with van der Waals surface area (Å²) in [6.07, 6.45) is 0. The zero-order valence-electron chi connectivity index (χ0n) is 30.7. The smallest absolute Gasteiger partial charge is 0.160 e. The molecular formula is C52H32N4O. The highest BCUT2D eigenvalue weighted by atomic mass is 16.3. The topological polar surface area (TPSA) is 48.8 Å². The summed E-state index contributed by atoms with van der Waals surface area (Å²) in [7, 11) is 0. The van der Waals surface area contributed by atoms with Gasteiger partial charge < -0.3 is 13.6 Å². The molecule has 4 aromatic heterocycles. The molecule has 0 aliphatic carbocycles. The third kappa shape index (κ3) is 4.82. The highest BCUT2D eigenvalue weighted by molar-refractivity contribution is 6.31. The number of rotatable bonds is 5. The lowest BCUT2D eigenvalue weighted by Gasteiger charge is -2.14. The molecule has 0 unspecified atom stereocenters. The van der Waals surface area contributed by atoms with Gasteiger partial charge in [-0.1, -0.05) is 140 Å². The molecule has 8 aromatic carbocycles. The molecule has 0 bridgehead atoms. The van der Waals surface area contributed by atoms with E-state index in [-0.39, 0.29) is 0 Å². The molecule has 266 valence electrons. The Hall–Kier alpha value is -7.76. The maximum absolute atomic E-state index is 6.46. The van der Waals surface area contributed by atoms with Crippen LogP contribution in [0.4, 0.5) is 0 Å². The normalized spacial score (nSPS) is 11.9. The third-order valence-corrected chi connectivity index (χ3v) is 11.3. The van der Waals surface area contributed by atoms with Crippen molar-refractivity contribution in [2.24, 2.45) is 0 Å². The fourth-order valence-electron chi connectivity index (χ4n) is 8.84. The second kappa shape index (κ2) is 12.4. The van der Waals surface area contributed by atoms with Crippen molar-refractivity contribution in [3.63, 3.8) is 0 Å². The Labute approximate surface area is 327 Å². The zero-order valence-corrected chi connectivity index (χ0v) is 30.7. The van der Waals surface area contributed by atoms with Crippen LogP contribution in [0.15, 0.2) is 199 Å². The zero-order chi connectivity index (χ0) is 37.5. The van der Waals surface area contributed by atoms with Gasteiger partial charge in [-0.3, -0.25) is 0 Å². The van der Waals surface area contributed by atoms with E-state index in [4.69, 9.17) is 14.4 Å². The van der Waals surface area contributed by atoms with Crippen molar-refractivity contribution in [1.82, 2.24) is 19.1 Å². The van der Waals surface area contributed by atoms with Crippen LogP contribution in [-0.4, -0.2) is 19.1 Å². The van der Waals surface area contributed by atoms with Gasteiger partial charge >= 0.3 is 0 Å². The lowest BCUT2D eigenvalue weighted by molar-refractivity contribution is 0.669. The average Bonchev–Trinajstić information content (AvgIpc) is 3.95. The van der Waals surface area contributed by atoms with Gasteiger partial charge in [0.25, 0.3) is 0 Å². The molecule has 0 amide bonds. The summed E-state index contributed by atoms with van der Waals surface area (Å²) in [6, 6.07) is 68.2. The van der Waals surface area contributed by atoms with Crippen molar-refractivity contribution >= 4 is 65.6 Å². The van der Waals surface area contributed by atoms with Gasteiger partial charge in [0.2, 0.25) is 0 Å². The average molecular weight is 729 g/mol. The third-order valence-electron chi connectivity index (χ3n) is 11.3. The Morgan fingerprint density at radius 1 is 0.351 bits per heavy atom. The minimum atomic E-state index is 0.676. The van der Waals surface area contributed by atoms with Gasteiger partial charge in [-0.25, -0.2) is 9.97 Å². The Morgan fingerprint density at radius 2 is 0.930 bits per heavy atom. The number of hydrogen-bond acceptors (Lipinski definition) is 3. The van der Waals surface area contributed by atoms with Gasteiger partial charge in [-0.15, -0.1) is 0 Å². The van der Waals surface area contributed by atoms with E-state index in [1.54, 1.807) is 0 Å². The first-order chi connectivity index (χ1) is 28.3. The van der Waals surface area contributed by atoms with E-state index in [2.05, 4.69) is 185 Å². The summed E-state index contributed by atoms with van der Waals surface area (Å²) in [6.45, 7) is 0. The van der Waals surface area contributed by atoms with Crippen LogP contribution >= 0.6 is 0 Å². The van der Waals surface area contributed by atoms with Crippen molar-refractivity contribution in [2.45, 2.75) is 0 Å². The second-order valence-corrected chi connectivity index (χ2v) is 14.6. The molecule has 0 aliphatic heterocycles. The standard InChI is InChI=1S/C52H32N4O/c1-4-15-33(16-5-1)42-32-43(34-17-6-2-7-18-34)54-52(53-42)35-19-14-22-37(31-35)56-44-25-12-10-23-38(44)39-27-28-41-48-45(55(51(41)50(39)56)36-20-8-3-9-21-36)29-30-47-49(48)40-24-11-13-26-46(40)57-47/h1-32H. The van der Waals surface area contributed by atoms with E-state index in [0.29, 0.717) is 5.82 Å². The Balaban J connectivity index is 1.18. The van der Waals surface area contributed by atoms with Crippen LogP contribution in [-0.2, 0) is 0 Å². The van der Waals surface area contributed by atoms with Crippen molar-refractivity contribution < 1.29 is 4.42 Å². The van der Waals surface area contributed by atoms with Crippen LogP contribution in [0, 0.1) is 0 Å². The largest absolute Gasteiger partial charge is 0.456 e. The molecule has 5 nitrogen and oxygen atoms in total. The molecule has 5 heteroatoms. The molecular weight excluding hydrogens is 697 g/mol. The number of aromatic nitrogens is 4. The van der Waals surface area contributed by atoms with E-state index >= 15 is 0 Å². The van der Waals surface area contributed by atoms with Crippen LogP contribution in [0.1, 0.15) is 0 Å². The van der Waals surface area contributed by atoms with E-state index in [1.165, 1.54) is 21.5 Å². The van der Waals surface area contributed by atoms with Gasteiger partial charge in [0, 0.05) is 60.4 Å². The van der Waals surface area contributed by atoms with Crippen LogP contribution in [0.25, 0.3) is 111 Å². The molecule has 12 rings (SSSR count). The maximum atomic E-state index is 6.46. The van der Waals surface area contributed by atoms with Crippen molar-refractivity contribution in [3.05, 3.63) is 194 Å². The molecule has 12 aromatic rings. The minimum absolute atomic E-state index is 0.676. The summed E-state index contributed by atoms with van der Waals surface area (Å²) in [5, 5.41) is 6.99. The molecule has 57 heavy (non-hydrogen) atoms. The molecule has 0 saturated heterocycles. The number of furan rings is 1. The van der Waals surface area contributed by atoms with E-state index in [1.807, 2.05) is 18.2 Å². The van der Waals surface area contributed by atoms with Crippen molar-refractivity contribution in [2.75, 3.05) is 0 Å². The highest BCUT2D eigenvalue weighted by Crippen LogP contribution is 2.45. The molecule has 0 radical (unpaired) electrons. The van der Waals surface area contributed by atoms with Gasteiger partial charge in [-0.05, 0) is 54.6 Å². The summed E-state index contributed by atoms with van der Waals surface area (Å²) < 4.78 is 11.3. The van der Waals surface area contributed by atoms with Crippen LogP contribution in [0.2, 0.25) is 0 Å². The number of benzene rings is 8. The molecule has 4 heterocycles. The number of hydrogen-bond donors (Lipinski definition) is 0. The van der Waals surface area contributed by atoms with Gasteiger partial charge in [0.05, 0.1) is 33.5 Å². The molecule has 0 spiro atoms. The Kier molecular flexibility index (Phi) is 6.86. The monoisotopic (exact) mass is 728 g/mol. The number of nitrogens with zero attached hydrogens (tertiary/aromatic N) is 4. The van der Waals surface area contributed by atoms with Crippen LogP contribution < -0.4 is 0 Å². The summed E-state index contributed by atoms with van der Waals surface area (Å²) >= 11 is 0. The fourth-order valence-corrected chi connectivity index (χ4v) is 8.84.